The van der Waals surface area contributed by atoms with Crippen LogP contribution in [0, 0.1) is 5.92 Å². The highest BCUT2D eigenvalue weighted by Crippen LogP contribution is 2.29. The first-order chi connectivity index (χ1) is 15.7. The van der Waals surface area contributed by atoms with E-state index < -0.39 is 0 Å². The topological polar surface area (TPSA) is 66.7 Å². The van der Waals surface area contributed by atoms with Gasteiger partial charge in [0.25, 0.3) is 0 Å². The number of rotatable bonds is 5. The summed E-state index contributed by atoms with van der Waals surface area (Å²) in [7, 11) is 1.68. The van der Waals surface area contributed by atoms with E-state index in [4.69, 9.17) is 4.74 Å². The van der Waals surface area contributed by atoms with Crippen LogP contribution in [0.5, 0.6) is 5.75 Å². The van der Waals surface area contributed by atoms with E-state index in [-0.39, 0.29) is 11.8 Å². The van der Waals surface area contributed by atoms with Crippen molar-refractivity contribution in [2.75, 3.05) is 56.2 Å². The number of hydrogen-bond donors (Lipinski definition) is 0. The van der Waals surface area contributed by atoms with Gasteiger partial charge in [0.05, 0.1) is 13.0 Å². The smallest absolute Gasteiger partial charge is 0.227 e. The molecule has 3 aromatic rings. The highest BCUT2D eigenvalue weighted by atomic mass is 32.1. The number of aromatic nitrogens is 3. The van der Waals surface area contributed by atoms with Crippen LogP contribution in [0.1, 0.15) is 12.8 Å². The molecule has 0 aliphatic carbocycles. The van der Waals surface area contributed by atoms with Gasteiger partial charge in [-0.3, -0.25) is 9.36 Å². The van der Waals surface area contributed by atoms with Crippen LogP contribution >= 0.6 is 11.3 Å². The Morgan fingerprint density at radius 2 is 1.69 bits per heavy atom. The normalized spacial score (nSPS) is 19.3. The standard InChI is InChI=1S/C23H28N6O2S/c1-31-20-8-6-19(7-9-20)26-13-15-27(16-14-26)21(30)18-5-4-12-29(17-18)23-25-24-22(32-23)28-10-2-3-11-28/h2-3,6-11,18H,4-5,12-17H2,1H3. The molecule has 1 unspecified atom stereocenters. The van der Waals surface area contributed by atoms with E-state index in [9.17, 15) is 4.79 Å². The molecule has 1 atom stereocenters. The molecule has 0 spiro atoms. The van der Waals surface area contributed by atoms with Gasteiger partial charge < -0.3 is 19.4 Å². The van der Waals surface area contributed by atoms with Gasteiger partial charge in [0.2, 0.25) is 16.2 Å². The highest BCUT2D eigenvalue weighted by Gasteiger charge is 2.32. The molecule has 2 aliphatic rings. The SMILES string of the molecule is COc1ccc(N2CCN(C(=O)C3CCCN(c4nnc(-n5cccc5)s4)C3)CC2)cc1. The zero-order valence-corrected chi connectivity index (χ0v) is 19.1. The van der Waals surface area contributed by atoms with E-state index in [1.807, 2.05) is 46.1 Å². The summed E-state index contributed by atoms with van der Waals surface area (Å²) < 4.78 is 7.22. The molecular weight excluding hydrogens is 424 g/mol. The summed E-state index contributed by atoms with van der Waals surface area (Å²) in [6.07, 6.45) is 5.88. The number of anilines is 2. The molecular formula is C23H28N6O2S. The predicted molar refractivity (Wildman–Crippen MR) is 126 cm³/mol. The Labute approximate surface area is 192 Å². The van der Waals surface area contributed by atoms with Crippen LogP contribution < -0.4 is 14.5 Å². The van der Waals surface area contributed by atoms with Gasteiger partial charge >= 0.3 is 0 Å². The first-order valence-corrected chi connectivity index (χ1v) is 11.9. The van der Waals surface area contributed by atoms with E-state index in [1.54, 1.807) is 18.4 Å². The van der Waals surface area contributed by atoms with Gasteiger partial charge in [0, 0.05) is 57.3 Å². The number of carbonyl (C=O) groups is 1. The van der Waals surface area contributed by atoms with Crippen molar-refractivity contribution < 1.29 is 9.53 Å². The van der Waals surface area contributed by atoms with Gasteiger partial charge in [-0.15, -0.1) is 10.2 Å². The van der Waals surface area contributed by atoms with Crippen LogP contribution in [0.2, 0.25) is 0 Å². The Bertz CT molecular complexity index is 1030. The number of carbonyl (C=O) groups excluding carboxylic acids is 1. The maximum absolute atomic E-state index is 13.3. The molecule has 2 fully saturated rings. The number of piperazine rings is 1. The maximum atomic E-state index is 13.3. The monoisotopic (exact) mass is 452 g/mol. The van der Waals surface area contributed by atoms with Crippen molar-refractivity contribution >= 4 is 28.1 Å². The Balaban J connectivity index is 1.18. The minimum Gasteiger partial charge on any atom is -0.497 e. The predicted octanol–water partition coefficient (Wildman–Crippen LogP) is 2.90. The molecule has 1 amide bonds. The van der Waals surface area contributed by atoms with Gasteiger partial charge in [-0.05, 0) is 49.2 Å². The van der Waals surface area contributed by atoms with Gasteiger partial charge in [-0.1, -0.05) is 11.3 Å². The third kappa shape index (κ3) is 4.29. The minimum atomic E-state index is 0.0233. The number of benzene rings is 1. The molecule has 0 radical (unpaired) electrons. The summed E-state index contributed by atoms with van der Waals surface area (Å²) in [5.74, 6) is 1.16. The number of ether oxygens (including phenoxy) is 1. The lowest BCUT2D eigenvalue weighted by Gasteiger charge is -2.39. The Kier molecular flexibility index (Phi) is 5.98. The largest absolute Gasteiger partial charge is 0.497 e. The maximum Gasteiger partial charge on any atom is 0.227 e. The van der Waals surface area contributed by atoms with E-state index in [0.717, 1.165) is 68.1 Å². The van der Waals surface area contributed by atoms with E-state index in [0.29, 0.717) is 0 Å². The molecule has 2 aromatic heterocycles. The van der Waals surface area contributed by atoms with Crippen LogP contribution in [-0.2, 0) is 4.79 Å². The third-order valence-electron chi connectivity index (χ3n) is 6.30. The molecule has 0 bridgehead atoms. The second kappa shape index (κ2) is 9.20. The molecule has 0 N–H and O–H groups in total. The van der Waals surface area contributed by atoms with Crippen molar-refractivity contribution in [1.29, 1.82) is 0 Å². The lowest BCUT2D eigenvalue weighted by molar-refractivity contribution is -0.136. The lowest BCUT2D eigenvalue weighted by atomic mass is 9.96. The number of hydrogen-bond acceptors (Lipinski definition) is 7. The lowest BCUT2D eigenvalue weighted by Crippen LogP contribution is -2.52. The molecule has 8 nitrogen and oxygen atoms in total. The summed E-state index contributed by atoms with van der Waals surface area (Å²) in [6.45, 7) is 4.87. The Morgan fingerprint density at radius 1 is 0.969 bits per heavy atom. The van der Waals surface area contributed by atoms with Gasteiger partial charge in [-0.2, -0.15) is 0 Å². The summed E-state index contributed by atoms with van der Waals surface area (Å²) in [5.41, 5.74) is 1.18. The van der Waals surface area contributed by atoms with Crippen molar-refractivity contribution in [3.8, 4) is 10.9 Å². The van der Waals surface area contributed by atoms with Crippen molar-refractivity contribution in [3.05, 3.63) is 48.8 Å². The zero-order valence-electron chi connectivity index (χ0n) is 18.3. The van der Waals surface area contributed by atoms with Crippen LogP contribution in [0.15, 0.2) is 48.8 Å². The van der Waals surface area contributed by atoms with E-state index in [2.05, 4.69) is 32.1 Å². The Hall–Kier alpha value is -3.07. The fraction of sp³-hybridized carbons (Fsp3) is 0.435. The average Bonchev–Trinajstić information content (AvgIpc) is 3.56. The van der Waals surface area contributed by atoms with E-state index in [1.165, 1.54) is 5.69 Å². The van der Waals surface area contributed by atoms with Gasteiger partial charge in [0.1, 0.15) is 5.75 Å². The third-order valence-corrected chi connectivity index (χ3v) is 7.30. The van der Waals surface area contributed by atoms with Crippen molar-refractivity contribution in [3.63, 3.8) is 0 Å². The van der Waals surface area contributed by atoms with Crippen molar-refractivity contribution in [2.45, 2.75) is 12.8 Å². The molecule has 2 aliphatic heterocycles. The van der Waals surface area contributed by atoms with Crippen LogP contribution in [-0.4, -0.2) is 71.9 Å². The summed E-state index contributed by atoms with van der Waals surface area (Å²) in [5, 5.41) is 10.5. The minimum absolute atomic E-state index is 0.0233. The van der Waals surface area contributed by atoms with Crippen LogP contribution in [0.3, 0.4) is 0 Å². The molecule has 32 heavy (non-hydrogen) atoms. The first-order valence-electron chi connectivity index (χ1n) is 11.1. The summed E-state index contributed by atoms with van der Waals surface area (Å²) >= 11 is 1.57. The number of piperidine rings is 1. The van der Waals surface area contributed by atoms with Gasteiger partial charge in [-0.25, -0.2) is 0 Å². The molecule has 9 heteroatoms. The molecule has 1 aromatic carbocycles. The van der Waals surface area contributed by atoms with Crippen LogP contribution in [0.25, 0.3) is 5.13 Å². The van der Waals surface area contributed by atoms with Gasteiger partial charge in [0.15, 0.2) is 0 Å². The molecule has 2 saturated heterocycles. The van der Waals surface area contributed by atoms with E-state index >= 15 is 0 Å². The van der Waals surface area contributed by atoms with Crippen molar-refractivity contribution in [1.82, 2.24) is 19.7 Å². The van der Waals surface area contributed by atoms with Crippen molar-refractivity contribution in [2.24, 2.45) is 5.92 Å². The fourth-order valence-electron chi connectivity index (χ4n) is 4.49. The molecule has 5 rings (SSSR count). The molecule has 168 valence electrons. The second-order valence-electron chi connectivity index (χ2n) is 8.25. The first kappa shape index (κ1) is 20.8. The van der Waals surface area contributed by atoms with Crippen LogP contribution in [0.4, 0.5) is 10.8 Å². The number of amides is 1. The number of methoxy groups -OCH3 is 1. The highest BCUT2D eigenvalue weighted by molar-refractivity contribution is 7.17. The molecule has 4 heterocycles. The second-order valence-corrected chi connectivity index (χ2v) is 9.19. The average molecular weight is 453 g/mol. The summed E-state index contributed by atoms with van der Waals surface area (Å²) in [6, 6.07) is 12.1. The zero-order chi connectivity index (χ0) is 21.9. The Morgan fingerprint density at radius 3 is 2.41 bits per heavy atom. The quantitative estimate of drug-likeness (QED) is 0.593. The number of nitrogens with zero attached hydrogens (tertiary/aromatic N) is 6. The fourth-order valence-corrected chi connectivity index (χ4v) is 5.34. The molecule has 0 saturated carbocycles. The summed E-state index contributed by atoms with van der Waals surface area (Å²) in [4.78, 5) is 19.9.